The minimum Gasteiger partial charge on any atom is -0.490 e. The molecule has 0 spiro atoms. The second-order valence-electron chi connectivity index (χ2n) is 5.54. The highest BCUT2D eigenvalue weighted by Crippen LogP contribution is 2.28. The SMILES string of the molecule is CCOc1ccc(CCNC(=O)/C=C/c2ccccc2F)cc1OCC. The van der Waals surface area contributed by atoms with Gasteiger partial charge in [-0.15, -0.1) is 0 Å². The van der Waals surface area contributed by atoms with Crippen LogP contribution in [0.25, 0.3) is 6.08 Å². The van der Waals surface area contributed by atoms with Crippen LogP contribution in [-0.4, -0.2) is 25.7 Å². The van der Waals surface area contributed by atoms with Crippen LogP contribution in [0, 0.1) is 5.82 Å². The van der Waals surface area contributed by atoms with Gasteiger partial charge in [0.2, 0.25) is 5.91 Å². The molecule has 0 aliphatic heterocycles. The number of hydrogen-bond donors (Lipinski definition) is 1. The van der Waals surface area contributed by atoms with Crippen molar-refractivity contribution in [1.29, 1.82) is 0 Å². The third-order valence-electron chi connectivity index (χ3n) is 3.64. The van der Waals surface area contributed by atoms with Gasteiger partial charge in [-0.05, 0) is 50.1 Å². The summed E-state index contributed by atoms with van der Waals surface area (Å²) < 4.78 is 24.6. The van der Waals surface area contributed by atoms with Gasteiger partial charge in [0, 0.05) is 18.2 Å². The lowest BCUT2D eigenvalue weighted by Gasteiger charge is -2.12. The molecule has 2 aromatic rings. The third kappa shape index (κ3) is 5.92. The van der Waals surface area contributed by atoms with Gasteiger partial charge in [0.25, 0.3) is 0 Å². The van der Waals surface area contributed by atoms with Crippen molar-refractivity contribution in [2.45, 2.75) is 20.3 Å². The van der Waals surface area contributed by atoms with Gasteiger partial charge in [-0.3, -0.25) is 4.79 Å². The van der Waals surface area contributed by atoms with Gasteiger partial charge in [-0.1, -0.05) is 24.3 Å². The number of amides is 1. The molecule has 0 atom stereocenters. The molecule has 2 rings (SSSR count). The van der Waals surface area contributed by atoms with Crippen molar-refractivity contribution < 1.29 is 18.7 Å². The van der Waals surface area contributed by atoms with Gasteiger partial charge in [0.05, 0.1) is 13.2 Å². The lowest BCUT2D eigenvalue weighted by Crippen LogP contribution is -2.23. The Bertz CT molecular complexity index is 759. The molecule has 0 unspecified atom stereocenters. The molecule has 0 saturated heterocycles. The van der Waals surface area contributed by atoms with Crippen molar-refractivity contribution in [3.63, 3.8) is 0 Å². The van der Waals surface area contributed by atoms with E-state index in [1.807, 2.05) is 32.0 Å². The van der Waals surface area contributed by atoms with Crippen LogP contribution in [0.4, 0.5) is 4.39 Å². The Morgan fingerprint density at radius 3 is 2.54 bits per heavy atom. The second-order valence-corrected chi connectivity index (χ2v) is 5.54. The average Bonchev–Trinajstić information content (AvgIpc) is 2.63. The number of carbonyl (C=O) groups is 1. The van der Waals surface area contributed by atoms with Crippen LogP contribution < -0.4 is 14.8 Å². The van der Waals surface area contributed by atoms with E-state index in [0.29, 0.717) is 37.5 Å². The fourth-order valence-corrected chi connectivity index (χ4v) is 2.42. The Morgan fingerprint density at radius 1 is 1.08 bits per heavy atom. The first-order valence-electron chi connectivity index (χ1n) is 8.73. The Hall–Kier alpha value is -2.82. The van der Waals surface area contributed by atoms with E-state index in [4.69, 9.17) is 9.47 Å². The summed E-state index contributed by atoms with van der Waals surface area (Å²) in [6, 6.07) is 12.1. The maximum Gasteiger partial charge on any atom is 0.244 e. The second kappa shape index (κ2) is 10.2. The molecule has 0 aromatic heterocycles. The number of halogens is 1. The topological polar surface area (TPSA) is 47.6 Å². The average molecular weight is 357 g/mol. The largest absolute Gasteiger partial charge is 0.490 e. The molecule has 0 saturated carbocycles. The summed E-state index contributed by atoms with van der Waals surface area (Å²) in [5.74, 6) is 0.811. The number of nitrogens with one attached hydrogen (secondary N) is 1. The highest BCUT2D eigenvalue weighted by atomic mass is 19.1. The molecule has 0 heterocycles. The Balaban J connectivity index is 1.87. The number of carbonyl (C=O) groups excluding carboxylic acids is 1. The molecule has 0 aliphatic carbocycles. The van der Waals surface area contributed by atoms with Crippen LogP contribution in [-0.2, 0) is 11.2 Å². The molecule has 26 heavy (non-hydrogen) atoms. The summed E-state index contributed by atoms with van der Waals surface area (Å²) in [5, 5.41) is 2.79. The lowest BCUT2D eigenvalue weighted by molar-refractivity contribution is -0.116. The fourth-order valence-electron chi connectivity index (χ4n) is 2.42. The molecular formula is C21H24FNO3. The number of ether oxygens (including phenoxy) is 2. The summed E-state index contributed by atoms with van der Waals surface area (Å²) in [6.07, 6.45) is 3.46. The smallest absolute Gasteiger partial charge is 0.244 e. The maximum atomic E-state index is 13.5. The van der Waals surface area contributed by atoms with Gasteiger partial charge in [-0.2, -0.15) is 0 Å². The fraction of sp³-hybridized carbons (Fsp3) is 0.286. The highest BCUT2D eigenvalue weighted by molar-refractivity contribution is 5.91. The van der Waals surface area contributed by atoms with E-state index in [2.05, 4.69) is 5.32 Å². The Kier molecular flexibility index (Phi) is 7.68. The van der Waals surface area contributed by atoms with E-state index in [-0.39, 0.29) is 11.7 Å². The van der Waals surface area contributed by atoms with Crippen molar-refractivity contribution in [3.05, 3.63) is 65.5 Å². The first-order valence-corrected chi connectivity index (χ1v) is 8.73. The lowest BCUT2D eigenvalue weighted by atomic mass is 10.1. The zero-order valence-electron chi connectivity index (χ0n) is 15.1. The normalized spacial score (nSPS) is 10.7. The molecule has 1 amide bonds. The van der Waals surface area contributed by atoms with E-state index >= 15 is 0 Å². The monoisotopic (exact) mass is 357 g/mol. The molecule has 2 aromatic carbocycles. The predicted molar refractivity (Wildman–Crippen MR) is 101 cm³/mol. The van der Waals surface area contributed by atoms with E-state index < -0.39 is 0 Å². The van der Waals surface area contributed by atoms with Crippen molar-refractivity contribution >= 4 is 12.0 Å². The van der Waals surface area contributed by atoms with Crippen LogP contribution in [0.3, 0.4) is 0 Å². The number of rotatable bonds is 9. The summed E-state index contributed by atoms with van der Waals surface area (Å²) in [6.45, 7) is 5.45. The molecule has 0 bridgehead atoms. The molecule has 0 aliphatic rings. The Labute approximate surface area is 153 Å². The van der Waals surface area contributed by atoms with Crippen LogP contribution in [0.2, 0.25) is 0 Å². The van der Waals surface area contributed by atoms with Gasteiger partial charge >= 0.3 is 0 Å². The summed E-state index contributed by atoms with van der Waals surface area (Å²) in [7, 11) is 0. The van der Waals surface area contributed by atoms with Gasteiger partial charge < -0.3 is 14.8 Å². The minimum atomic E-state index is -0.352. The van der Waals surface area contributed by atoms with E-state index in [1.54, 1.807) is 18.2 Å². The number of benzene rings is 2. The molecule has 0 radical (unpaired) electrons. The molecular weight excluding hydrogens is 333 g/mol. The van der Waals surface area contributed by atoms with Crippen LogP contribution >= 0.6 is 0 Å². The molecule has 138 valence electrons. The van der Waals surface area contributed by atoms with E-state index in [1.165, 1.54) is 18.2 Å². The van der Waals surface area contributed by atoms with Crippen LogP contribution in [0.5, 0.6) is 11.5 Å². The van der Waals surface area contributed by atoms with Gasteiger partial charge in [-0.25, -0.2) is 4.39 Å². The van der Waals surface area contributed by atoms with Crippen LogP contribution in [0.1, 0.15) is 25.0 Å². The third-order valence-corrected chi connectivity index (χ3v) is 3.64. The first-order chi connectivity index (χ1) is 12.6. The maximum absolute atomic E-state index is 13.5. The zero-order valence-corrected chi connectivity index (χ0v) is 15.1. The van der Waals surface area contributed by atoms with Gasteiger partial charge in [0.1, 0.15) is 5.82 Å². The minimum absolute atomic E-state index is 0.260. The van der Waals surface area contributed by atoms with Gasteiger partial charge in [0.15, 0.2) is 11.5 Å². The molecule has 0 fully saturated rings. The molecule has 1 N–H and O–H groups in total. The Morgan fingerprint density at radius 2 is 1.81 bits per heavy atom. The standard InChI is InChI=1S/C21H24FNO3/c1-3-25-19-11-9-16(15-20(19)26-4-2)13-14-23-21(24)12-10-17-7-5-6-8-18(17)22/h5-12,15H,3-4,13-14H2,1-2H3,(H,23,24)/b12-10+. The summed E-state index contributed by atoms with van der Waals surface area (Å²) in [5.41, 5.74) is 1.42. The van der Waals surface area contributed by atoms with Crippen molar-refractivity contribution in [2.24, 2.45) is 0 Å². The quantitative estimate of drug-likeness (QED) is 0.690. The molecule has 4 nitrogen and oxygen atoms in total. The van der Waals surface area contributed by atoms with Crippen molar-refractivity contribution in [2.75, 3.05) is 19.8 Å². The summed E-state index contributed by atoms with van der Waals surface area (Å²) >= 11 is 0. The first kappa shape index (κ1) is 19.5. The van der Waals surface area contributed by atoms with Crippen molar-refractivity contribution in [1.82, 2.24) is 5.32 Å². The summed E-state index contributed by atoms with van der Waals surface area (Å²) in [4.78, 5) is 11.9. The molecule has 5 heteroatoms. The highest BCUT2D eigenvalue weighted by Gasteiger charge is 2.06. The predicted octanol–water partition coefficient (Wildman–Crippen LogP) is 4.00. The van der Waals surface area contributed by atoms with E-state index in [0.717, 1.165) is 11.3 Å². The number of hydrogen-bond acceptors (Lipinski definition) is 3. The van der Waals surface area contributed by atoms with E-state index in [9.17, 15) is 9.18 Å². The van der Waals surface area contributed by atoms with Crippen LogP contribution in [0.15, 0.2) is 48.5 Å². The van der Waals surface area contributed by atoms with Crippen molar-refractivity contribution in [3.8, 4) is 11.5 Å². The zero-order chi connectivity index (χ0) is 18.8.